The first kappa shape index (κ1) is 27.6. The SMILES string of the molecule is OC1(c2ccc(Cl)cc2)CCN(CCCCNCc2c(OCc3ccc(F)cc3)ccc3ccccc23)CC1. The highest BCUT2D eigenvalue weighted by molar-refractivity contribution is 6.30. The number of piperidine rings is 1. The third-order valence-corrected chi connectivity index (χ3v) is 8.00. The van der Waals surface area contributed by atoms with E-state index >= 15 is 0 Å². The largest absolute Gasteiger partial charge is 0.489 e. The van der Waals surface area contributed by atoms with E-state index in [1.807, 2.05) is 30.3 Å². The van der Waals surface area contributed by atoms with Crippen molar-refractivity contribution in [2.75, 3.05) is 26.2 Å². The van der Waals surface area contributed by atoms with Gasteiger partial charge in [0.2, 0.25) is 0 Å². The average Bonchev–Trinajstić information content (AvgIpc) is 2.96. The Kier molecular flexibility index (Phi) is 9.15. The molecule has 0 spiro atoms. The molecule has 5 rings (SSSR count). The highest BCUT2D eigenvalue weighted by atomic mass is 35.5. The van der Waals surface area contributed by atoms with Crippen molar-refractivity contribution in [3.05, 3.63) is 112 Å². The van der Waals surface area contributed by atoms with Gasteiger partial charge in [-0.25, -0.2) is 4.39 Å². The van der Waals surface area contributed by atoms with E-state index in [9.17, 15) is 9.50 Å². The molecule has 6 heteroatoms. The molecule has 1 heterocycles. The lowest BCUT2D eigenvalue weighted by atomic mass is 9.84. The molecular formula is C33H36ClFN2O2. The molecule has 2 N–H and O–H groups in total. The molecule has 1 aliphatic rings. The minimum atomic E-state index is -0.752. The Hall–Kier alpha value is -2.96. The second-order valence-corrected chi connectivity index (χ2v) is 10.9. The molecule has 0 aliphatic carbocycles. The minimum absolute atomic E-state index is 0.242. The Labute approximate surface area is 235 Å². The maximum absolute atomic E-state index is 13.3. The summed E-state index contributed by atoms with van der Waals surface area (Å²) in [5.74, 6) is 0.612. The number of unbranched alkanes of at least 4 members (excludes halogenated alkanes) is 1. The fraction of sp³-hybridized carbons (Fsp3) is 0.333. The van der Waals surface area contributed by atoms with E-state index in [2.05, 4.69) is 40.5 Å². The Morgan fingerprint density at radius 2 is 1.64 bits per heavy atom. The first-order chi connectivity index (χ1) is 19.0. The van der Waals surface area contributed by atoms with Crippen LogP contribution in [0, 0.1) is 5.82 Å². The van der Waals surface area contributed by atoms with Gasteiger partial charge in [-0.1, -0.05) is 66.2 Å². The van der Waals surface area contributed by atoms with E-state index in [4.69, 9.17) is 16.3 Å². The zero-order chi connectivity index (χ0) is 27.1. The fourth-order valence-electron chi connectivity index (χ4n) is 5.37. The lowest BCUT2D eigenvalue weighted by Gasteiger charge is -2.38. The zero-order valence-corrected chi connectivity index (χ0v) is 23.0. The van der Waals surface area contributed by atoms with Crippen molar-refractivity contribution in [3.8, 4) is 5.75 Å². The molecular weight excluding hydrogens is 511 g/mol. The summed E-state index contributed by atoms with van der Waals surface area (Å²) in [7, 11) is 0. The van der Waals surface area contributed by atoms with Crippen molar-refractivity contribution in [1.29, 1.82) is 0 Å². The van der Waals surface area contributed by atoms with Crippen LogP contribution < -0.4 is 10.1 Å². The van der Waals surface area contributed by atoms with Crippen LogP contribution in [0.1, 0.15) is 42.4 Å². The van der Waals surface area contributed by atoms with Gasteiger partial charge in [0.15, 0.2) is 0 Å². The van der Waals surface area contributed by atoms with Crippen molar-refractivity contribution in [2.24, 2.45) is 0 Å². The van der Waals surface area contributed by atoms with E-state index in [1.165, 1.54) is 22.9 Å². The molecule has 0 saturated carbocycles. The fourth-order valence-corrected chi connectivity index (χ4v) is 5.50. The van der Waals surface area contributed by atoms with Gasteiger partial charge in [0.1, 0.15) is 18.2 Å². The minimum Gasteiger partial charge on any atom is -0.489 e. The molecule has 4 aromatic rings. The number of benzene rings is 4. The molecule has 4 aromatic carbocycles. The monoisotopic (exact) mass is 546 g/mol. The van der Waals surface area contributed by atoms with Gasteiger partial charge in [-0.15, -0.1) is 0 Å². The van der Waals surface area contributed by atoms with Gasteiger partial charge in [0.25, 0.3) is 0 Å². The van der Waals surface area contributed by atoms with Crippen LogP contribution in [0.25, 0.3) is 10.8 Å². The van der Waals surface area contributed by atoms with Crippen LogP contribution in [-0.2, 0) is 18.8 Å². The molecule has 1 fully saturated rings. The number of halogens is 2. The van der Waals surface area contributed by atoms with Gasteiger partial charge < -0.3 is 20.1 Å². The van der Waals surface area contributed by atoms with Gasteiger partial charge in [0, 0.05) is 30.2 Å². The maximum atomic E-state index is 13.3. The van der Waals surface area contributed by atoms with E-state index in [0.717, 1.165) is 80.8 Å². The number of rotatable bonds is 11. The van der Waals surface area contributed by atoms with Gasteiger partial charge in [0.05, 0.1) is 5.60 Å². The summed E-state index contributed by atoms with van der Waals surface area (Å²) in [4.78, 5) is 2.45. The standard InChI is InChI=1S/C33H36ClFN2O2/c34-28-12-10-27(11-13-28)33(38)17-21-37(22-18-33)20-4-3-19-36-23-31-30-6-2-1-5-26(30)9-16-32(31)39-24-25-7-14-29(35)15-8-25/h1-2,5-16,36,38H,3-4,17-24H2. The summed E-state index contributed by atoms with van der Waals surface area (Å²) in [5, 5.41) is 17.8. The summed E-state index contributed by atoms with van der Waals surface area (Å²) in [6, 6.07) is 26.5. The van der Waals surface area contributed by atoms with Crippen LogP contribution in [0.15, 0.2) is 84.9 Å². The lowest BCUT2D eigenvalue weighted by molar-refractivity contribution is -0.0260. The van der Waals surface area contributed by atoms with Crippen LogP contribution in [0.5, 0.6) is 5.75 Å². The third-order valence-electron chi connectivity index (χ3n) is 7.75. The number of aliphatic hydroxyl groups is 1. The number of nitrogens with zero attached hydrogens (tertiary/aromatic N) is 1. The summed E-state index contributed by atoms with van der Waals surface area (Å²) >= 11 is 6.01. The molecule has 0 atom stereocenters. The molecule has 0 radical (unpaired) electrons. The smallest absolute Gasteiger partial charge is 0.124 e. The molecule has 4 nitrogen and oxygen atoms in total. The first-order valence-electron chi connectivity index (χ1n) is 13.8. The summed E-state index contributed by atoms with van der Waals surface area (Å²) < 4.78 is 19.4. The van der Waals surface area contributed by atoms with Crippen LogP contribution in [-0.4, -0.2) is 36.2 Å². The highest BCUT2D eigenvalue weighted by Crippen LogP contribution is 2.33. The van der Waals surface area contributed by atoms with E-state index in [1.54, 1.807) is 12.1 Å². The van der Waals surface area contributed by atoms with Gasteiger partial charge >= 0.3 is 0 Å². The Bertz CT molecular complexity index is 1350. The molecule has 0 aromatic heterocycles. The Morgan fingerprint density at radius 1 is 0.897 bits per heavy atom. The predicted molar refractivity (Wildman–Crippen MR) is 157 cm³/mol. The summed E-state index contributed by atoms with van der Waals surface area (Å²) in [6.07, 6.45) is 3.67. The topological polar surface area (TPSA) is 44.7 Å². The number of nitrogens with one attached hydrogen (secondary N) is 1. The van der Waals surface area contributed by atoms with E-state index in [0.29, 0.717) is 11.6 Å². The van der Waals surface area contributed by atoms with Gasteiger partial charge in [-0.05, 0) is 91.0 Å². The second kappa shape index (κ2) is 12.9. The highest BCUT2D eigenvalue weighted by Gasteiger charge is 2.33. The van der Waals surface area contributed by atoms with Crippen molar-refractivity contribution < 1.29 is 14.2 Å². The third kappa shape index (κ3) is 7.17. The summed E-state index contributed by atoms with van der Waals surface area (Å²) in [6.45, 7) is 4.88. The average molecular weight is 547 g/mol. The molecule has 0 unspecified atom stereocenters. The Balaban J connectivity index is 1.09. The molecule has 0 amide bonds. The summed E-state index contributed by atoms with van der Waals surface area (Å²) in [5.41, 5.74) is 2.29. The second-order valence-electron chi connectivity index (χ2n) is 10.4. The normalized spacial score (nSPS) is 15.5. The number of ether oxygens (including phenoxy) is 1. The van der Waals surface area contributed by atoms with Gasteiger partial charge in [-0.3, -0.25) is 0 Å². The van der Waals surface area contributed by atoms with Crippen LogP contribution in [0.4, 0.5) is 4.39 Å². The Morgan fingerprint density at radius 3 is 2.41 bits per heavy atom. The quantitative estimate of drug-likeness (QED) is 0.198. The first-order valence-corrected chi connectivity index (χ1v) is 14.2. The van der Waals surface area contributed by atoms with Crippen molar-refractivity contribution in [3.63, 3.8) is 0 Å². The van der Waals surface area contributed by atoms with E-state index < -0.39 is 5.60 Å². The van der Waals surface area contributed by atoms with Crippen molar-refractivity contribution in [2.45, 2.75) is 44.4 Å². The maximum Gasteiger partial charge on any atom is 0.124 e. The number of hydrogen-bond acceptors (Lipinski definition) is 4. The molecule has 204 valence electrons. The number of hydrogen-bond donors (Lipinski definition) is 2. The van der Waals surface area contributed by atoms with Crippen LogP contribution >= 0.6 is 11.6 Å². The van der Waals surface area contributed by atoms with Crippen LogP contribution in [0.2, 0.25) is 5.02 Å². The lowest BCUT2D eigenvalue weighted by Crippen LogP contribution is -2.42. The number of fused-ring (bicyclic) bond motifs is 1. The van der Waals surface area contributed by atoms with E-state index in [-0.39, 0.29) is 5.82 Å². The molecule has 1 aliphatic heterocycles. The van der Waals surface area contributed by atoms with Crippen molar-refractivity contribution in [1.82, 2.24) is 10.2 Å². The molecule has 39 heavy (non-hydrogen) atoms. The predicted octanol–water partition coefficient (Wildman–Crippen LogP) is 7.06. The van der Waals surface area contributed by atoms with Gasteiger partial charge in [-0.2, -0.15) is 0 Å². The van der Waals surface area contributed by atoms with Crippen LogP contribution in [0.3, 0.4) is 0 Å². The molecule has 1 saturated heterocycles. The molecule has 0 bridgehead atoms. The zero-order valence-electron chi connectivity index (χ0n) is 22.2. The number of likely N-dealkylation sites (tertiary alicyclic amines) is 1. The van der Waals surface area contributed by atoms with Crippen molar-refractivity contribution >= 4 is 22.4 Å².